The van der Waals surface area contributed by atoms with Crippen LogP contribution >= 0.6 is 0 Å². The number of ether oxygens (including phenoxy) is 2. The third kappa shape index (κ3) is 14.0. The summed E-state index contributed by atoms with van der Waals surface area (Å²) in [5, 5.41) is 0. The van der Waals surface area contributed by atoms with Gasteiger partial charge in [0.15, 0.2) is 0 Å². The lowest BCUT2D eigenvalue weighted by molar-refractivity contribution is -0.903. The van der Waals surface area contributed by atoms with E-state index in [-0.39, 0.29) is 12.8 Å². The smallest absolute Gasteiger partial charge is 0.314 e. The van der Waals surface area contributed by atoms with Crippen LogP contribution in [-0.4, -0.2) is 37.9 Å². The molecule has 4 nitrogen and oxygen atoms in total. The van der Waals surface area contributed by atoms with Gasteiger partial charge in [0.2, 0.25) is 6.79 Å². The topological polar surface area (TPSA) is 35.5 Å². The predicted molar refractivity (Wildman–Crippen MR) is 145 cm³/mol. The molecule has 0 amide bonds. The van der Waals surface area contributed by atoms with Crippen LogP contribution in [0.25, 0.3) is 0 Å². The molecule has 0 fully saturated rings. The first-order valence-electron chi connectivity index (χ1n) is 13.7. The first kappa shape index (κ1) is 28.9. The van der Waals surface area contributed by atoms with Crippen LogP contribution in [0, 0.1) is 0 Å². The molecule has 0 spiro atoms. The van der Waals surface area contributed by atoms with E-state index in [0.29, 0.717) is 6.42 Å². The van der Waals surface area contributed by atoms with E-state index in [4.69, 9.17) is 9.47 Å². The van der Waals surface area contributed by atoms with E-state index in [1.807, 2.05) is 30.3 Å². The molecule has 4 heteroatoms. The van der Waals surface area contributed by atoms with Gasteiger partial charge in [-0.2, -0.15) is 0 Å². The van der Waals surface area contributed by atoms with Crippen molar-refractivity contribution < 1.29 is 18.8 Å². The van der Waals surface area contributed by atoms with Gasteiger partial charge < -0.3 is 14.0 Å². The van der Waals surface area contributed by atoms with Gasteiger partial charge in [-0.25, -0.2) is 0 Å². The molecule has 0 saturated carbocycles. The summed E-state index contributed by atoms with van der Waals surface area (Å²) in [6.45, 7) is 3.84. The second-order valence-corrected chi connectivity index (χ2v) is 10.4. The SMILES string of the molecule is CCCCCCCCCCCCc1ccc(OCOC(=O)CC[N+](C)(C)Cc2ccccc2)cc1. The molecule has 0 N–H and O–H groups in total. The van der Waals surface area contributed by atoms with Crippen LogP contribution in [0.15, 0.2) is 54.6 Å². The number of carbonyl (C=O) groups is 1. The summed E-state index contributed by atoms with van der Waals surface area (Å²) in [6, 6.07) is 18.5. The molecule has 0 radical (unpaired) electrons. The standard InChI is InChI=1S/C31H48NO3/c1-4-5-6-7-8-9-10-11-12-14-17-28-20-22-30(23-21-28)34-27-35-31(33)24-25-32(2,3)26-29-18-15-13-16-19-29/h13,15-16,18-23H,4-12,14,17,24-27H2,1-3H3/q+1. The Labute approximate surface area is 214 Å². The maximum atomic E-state index is 12.1. The van der Waals surface area contributed by atoms with E-state index in [1.165, 1.54) is 75.3 Å². The summed E-state index contributed by atoms with van der Waals surface area (Å²) in [6.07, 6.45) is 15.1. The summed E-state index contributed by atoms with van der Waals surface area (Å²) in [7, 11) is 4.27. The van der Waals surface area contributed by atoms with E-state index in [9.17, 15) is 4.79 Å². The normalized spacial score (nSPS) is 11.4. The van der Waals surface area contributed by atoms with Crippen molar-refractivity contribution in [2.75, 3.05) is 27.4 Å². The molecule has 0 atom stereocenters. The molecule has 2 aromatic rings. The Kier molecular flexibility index (Phi) is 14.2. The maximum absolute atomic E-state index is 12.1. The van der Waals surface area contributed by atoms with Crippen molar-refractivity contribution in [3.05, 3.63) is 65.7 Å². The average Bonchev–Trinajstić information content (AvgIpc) is 2.85. The van der Waals surface area contributed by atoms with Crippen molar-refractivity contribution in [2.45, 2.75) is 90.5 Å². The minimum atomic E-state index is -0.221. The van der Waals surface area contributed by atoms with Gasteiger partial charge in [-0.05, 0) is 30.5 Å². The lowest BCUT2D eigenvalue weighted by atomic mass is 10.0. The van der Waals surface area contributed by atoms with Crippen LogP contribution < -0.4 is 4.74 Å². The van der Waals surface area contributed by atoms with Crippen molar-refractivity contribution in [1.82, 2.24) is 0 Å². The van der Waals surface area contributed by atoms with Crippen LogP contribution in [0.3, 0.4) is 0 Å². The van der Waals surface area contributed by atoms with Gasteiger partial charge >= 0.3 is 5.97 Å². The number of hydrogen-bond acceptors (Lipinski definition) is 3. The minimum Gasteiger partial charge on any atom is -0.457 e. The highest BCUT2D eigenvalue weighted by Crippen LogP contribution is 2.16. The first-order chi connectivity index (χ1) is 17.0. The molecule has 0 heterocycles. The zero-order valence-electron chi connectivity index (χ0n) is 22.5. The van der Waals surface area contributed by atoms with E-state index in [1.54, 1.807) is 0 Å². The first-order valence-corrected chi connectivity index (χ1v) is 13.7. The Morgan fingerprint density at radius 2 is 1.34 bits per heavy atom. The number of aryl methyl sites for hydroxylation is 1. The van der Waals surface area contributed by atoms with E-state index >= 15 is 0 Å². The maximum Gasteiger partial charge on any atom is 0.314 e. The van der Waals surface area contributed by atoms with Gasteiger partial charge in [0.25, 0.3) is 0 Å². The molecule has 0 unspecified atom stereocenters. The molecule has 194 valence electrons. The van der Waals surface area contributed by atoms with Gasteiger partial charge in [-0.3, -0.25) is 4.79 Å². The number of rotatable bonds is 19. The lowest BCUT2D eigenvalue weighted by Gasteiger charge is -2.29. The van der Waals surface area contributed by atoms with Crippen molar-refractivity contribution >= 4 is 5.97 Å². The fourth-order valence-corrected chi connectivity index (χ4v) is 4.35. The summed E-state index contributed by atoms with van der Waals surface area (Å²) >= 11 is 0. The van der Waals surface area contributed by atoms with E-state index < -0.39 is 0 Å². The largest absolute Gasteiger partial charge is 0.457 e. The molecule has 0 saturated heterocycles. The molecule has 2 aromatic carbocycles. The molecule has 2 rings (SSSR count). The van der Waals surface area contributed by atoms with Crippen LogP contribution in [0.1, 0.15) is 88.7 Å². The van der Waals surface area contributed by atoms with E-state index in [0.717, 1.165) is 29.7 Å². The molecule has 35 heavy (non-hydrogen) atoms. The van der Waals surface area contributed by atoms with Crippen LogP contribution in [0.2, 0.25) is 0 Å². The highest BCUT2D eigenvalue weighted by Gasteiger charge is 2.18. The van der Waals surface area contributed by atoms with Gasteiger partial charge in [-0.1, -0.05) is 107 Å². The quantitative estimate of drug-likeness (QED) is 0.0891. The molecular weight excluding hydrogens is 434 g/mol. The molecule has 0 bridgehead atoms. The third-order valence-corrected chi connectivity index (χ3v) is 6.56. The molecule has 0 aliphatic rings. The predicted octanol–water partition coefficient (Wildman–Crippen LogP) is 7.70. The number of unbranched alkanes of at least 4 members (excludes halogenated alkanes) is 9. The summed E-state index contributed by atoms with van der Waals surface area (Å²) in [5.41, 5.74) is 2.61. The Balaban J connectivity index is 1.52. The Morgan fingerprint density at radius 3 is 1.97 bits per heavy atom. The zero-order valence-corrected chi connectivity index (χ0v) is 22.5. The minimum absolute atomic E-state index is 0.0390. The third-order valence-electron chi connectivity index (χ3n) is 6.56. The van der Waals surface area contributed by atoms with Crippen LogP contribution in [0.5, 0.6) is 5.75 Å². The Bertz CT molecular complexity index is 802. The number of carbonyl (C=O) groups excluding carboxylic acids is 1. The number of nitrogens with zero attached hydrogens (tertiary/aromatic N) is 1. The van der Waals surface area contributed by atoms with Gasteiger partial charge in [0, 0.05) is 5.56 Å². The monoisotopic (exact) mass is 482 g/mol. The fourth-order valence-electron chi connectivity index (χ4n) is 4.35. The lowest BCUT2D eigenvalue weighted by Crippen LogP contribution is -2.40. The fraction of sp³-hybridized carbons (Fsp3) is 0.581. The highest BCUT2D eigenvalue weighted by atomic mass is 16.7. The van der Waals surface area contributed by atoms with Gasteiger partial charge in [-0.15, -0.1) is 0 Å². The van der Waals surface area contributed by atoms with Crippen LogP contribution in [-0.2, 0) is 22.5 Å². The van der Waals surface area contributed by atoms with Crippen molar-refractivity contribution in [2.24, 2.45) is 0 Å². The van der Waals surface area contributed by atoms with E-state index in [2.05, 4.69) is 45.3 Å². The van der Waals surface area contributed by atoms with Crippen molar-refractivity contribution in [3.8, 4) is 5.75 Å². The van der Waals surface area contributed by atoms with Crippen LogP contribution in [0.4, 0.5) is 0 Å². The van der Waals surface area contributed by atoms with Gasteiger partial charge in [0.1, 0.15) is 12.3 Å². The van der Waals surface area contributed by atoms with Crippen molar-refractivity contribution in [1.29, 1.82) is 0 Å². The molecule has 0 aromatic heterocycles. The Hall–Kier alpha value is -2.33. The summed E-state index contributed by atoms with van der Waals surface area (Å²) < 4.78 is 11.6. The average molecular weight is 483 g/mol. The summed E-state index contributed by atoms with van der Waals surface area (Å²) in [4.78, 5) is 12.1. The second-order valence-electron chi connectivity index (χ2n) is 10.4. The number of benzene rings is 2. The number of hydrogen-bond donors (Lipinski definition) is 0. The number of quaternary nitrogens is 1. The highest BCUT2D eigenvalue weighted by molar-refractivity contribution is 5.69. The molecule has 0 aliphatic heterocycles. The number of esters is 1. The van der Waals surface area contributed by atoms with Crippen molar-refractivity contribution in [3.63, 3.8) is 0 Å². The van der Waals surface area contributed by atoms with Gasteiger partial charge in [0.05, 0.1) is 27.1 Å². The second kappa shape index (κ2) is 17.2. The summed E-state index contributed by atoms with van der Waals surface area (Å²) in [5.74, 6) is 0.520. The molecule has 0 aliphatic carbocycles. The molecular formula is C31H48NO3+. The Morgan fingerprint density at radius 1 is 0.743 bits per heavy atom. The zero-order chi connectivity index (χ0) is 25.2.